The van der Waals surface area contributed by atoms with Crippen LogP contribution in [0.15, 0.2) is 29.2 Å². The van der Waals surface area contributed by atoms with Gasteiger partial charge in [0.15, 0.2) is 5.78 Å². The standard InChI is InChI=1S/C16H22O2S/c1-11(17)12-7-6-8-13(9-12)19-14-10-15(2,3)18-16(14,4)5/h6-9,14H,10H2,1-5H3. The Hall–Kier alpha value is -0.800. The summed E-state index contributed by atoms with van der Waals surface area (Å²) in [5.74, 6) is 0.115. The zero-order valence-corrected chi connectivity index (χ0v) is 13.1. The van der Waals surface area contributed by atoms with Crippen LogP contribution in [0, 0.1) is 0 Å². The summed E-state index contributed by atoms with van der Waals surface area (Å²) in [6.07, 6.45) is 1.02. The molecule has 0 aromatic heterocycles. The van der Waals surface area contributed by atoms with E-state index in [9.17, 15) is 4.79 Å². The first kappa shape index (κ1) is 14.6. The van der Waals surface area contributed by atoms with Crippen molar-refractivity contribution >= 4 is 17.5 Å². The molecule has 19 heavy (non-hydrogen) atoms. The number of carbonyl (C=O) groups is 1. The molecule has 0 N–H and O–H groups in total. The fourth-order valence-electron chi connectivity index (χ4n) is 2.65. The van der Waals surface area contributed by atoms with Crippen molar-refractivity contribution < 1.29 is 9.53 Å². The van der Waals surface area contributed by atoms with Gasteiger partial charge < -0.3 is 4.74 Å². The molecule has 1 aromatic carbocycles. The predicted octanol–water partition coefficient (Wildman–Crippen LogP) is 4.33. The van der Waals surface area contributed by atoms with E-state index in [1.54, 1.807) is 6.92 Å². The summed E-state index contributed by atoms with van der Waals surface area (Å²) in [6.45, 7) is 10.2. The monoisotopic (exact) mass is 278 g/mol. The second-order valence-corrected chi connectivity index (χ2v) is 7.64. The van der Waals surface area contributed by atoms with Crippen molar-refractivity contribution in [3.63, 3.8) is 0 Å². The van der Waals surface area contributed by atoms with Crippen molar-refractivity contribution in [2.24, 2.45) is 0 Å². The van der Waals surface area contributed by atoms with Gasteiger partial charge >= 0.3 is 0 Å². The zero-order valence-electron chi connectivity index (χ0n) is 12.3. The molecule has 1 atom stereocenters. The number of benzene rings is 1. The first-order valence-corrected chi connectivity index (χ1v) is 7.55. The number of Topliss-reactive ketones (excluding diaryl/α,β-unsaturated/α-hetero) is 1. The van der Waals surface area contributed by atoms with Crippen LogP contribution in [0.3, 0.4) is 0 Å². The lowest BCUT2D eigenvalue weighted by molar-refractivity contribution is -0.0631. The SMILES string of the molecule is CC(=O)c1cccc(SC2CC(C)(C)OC2(C)C)c1. The summed E-state index contributed by atoms with van der Waals surface area (Å²) in [5.41, 5.74) is 0.570. The number of ketones is 1. The van der Waals surface area contributed by atoms with Crippen LogP contribution in [-0.2, 0) is 4.74 Å². The van der Waals surface area contributed by atoms with Crippen molar-refractivity contribution in [1.82, 2.24) is 0 Å². The summed E-state index contributed by atoms with van der Waals surface area (Å²) >= 11 is 1.81. The van der Waals surface area contributed by atoms with Gasteiger partial charge in [0.05, 0.1) is 11.2 Å². The molecule has 2 rings (SSSR count). The maximum absolute atomic E-state index is 11.4. The molecule has 1 saturated heterocycles. The smallest absolute Gasteiger partial charge is 0.159 e. The number of ether oxygens (including phenoxy) is 1. The Labute approximate surface area is 119 Å². The van der Waals surface area contributed by atoms with Crippen LogP contribution in [0.4, 0.5) is 0 Å². The van der Waals surface area contributed by atoms with E-state index in [2.05, 4.69) is 33.8 Å². The van der Waals surface area contributed by atoms with E-state index >= 15 is 0 Å². The molecule has 0 radical (unpaired) electrons. The summed E-state index contributed by atoms with van der Waals surface area (Å²) in [7, 11) is 0. The zero-order chi connectivity index (χ0) is 14.3. The summed E-state index contributed by atoms with van der Waals surface area (Å²) < 4.78 is 6.11. The highest BCUT2D eigenvalue weighted by Crippen LogP contribution is 2.46. The largest absolute Gasteiger partial charge is 0.368 e. The molecule has 1 aliphatic rings. The van der Waals surface area contributed by atoms with Crippen molar-refractivity contribution in [2.45, 2.75) is 62.4 Å². The van der Waals surface area contributed by atoms with Crippen LogP contribution in [0.1, 0.15) is 51.4 Å². The van der Waals surface area contributed by atoms with Gasteiger partial charge in [0.25, 0.3) is 0 Å². The van der Waals surface area contributed by atoms with Gasteiger partial charge in [-0.2, -0.15) is 0 Å². The van der Waals surface area contributed by atoms with Crippen LogP contribution in [0.5, 0.6) is 0 Å². The quantitative estimate of drug-likeness (QED) is 0.770. The second-order valence-electron chi connectivity index (χ2n) is 6.36. The number of carbonyl (C=O) groups excluding carboxylic acids is 1. The van der Waals surface area contributed by atoms with E-state index in [0.717, 1.165) is 16.9 Å². The molecule has 0 bridgehead atoms. The van der Waals surface area contributed by atoms with Gasteiger partial charge in [0, 0.05) is 15.7 Å². The van der Waals surface area contributed by atoms with Crippen molar-refractivity contribution in [1.29, 1.82) is 0 Å². The van der Waals surface area contributed by atoms with Crippen molar-refractivity contribution in [3.8, 4) is 0 Å². The van der Waals surface area contributed by atoms with E-state index in [0.29, 0.717) is 5.25 Å². The van der Waals surface area contributed by atoms with Gasteiger partial charge in [-0.15, -0.1) is 11.8 Å². The lowest BCUT2D eigenvalue weighted by atomic mass is 10.0. The Morgan fingerprint density at radius 3 is 2.53 bits per heavy atom. The minimum Gasteiger partial charge on any atom is -0.368 e. The summed E-state index contributed by atoms with van der Waals surface area (Å²) in [5, 5.41) is 0.407. The molecule has 0 amide bonds. The number of thioether (sulfide) groups is 1. The molecule has 1 fully saturated rings. The first-order valence-electron chi connectivity index (χ1n) is 6.67. The van der Waals surface area contributed by atoms with E-state index < -0.39 is 0 Å². The maximum Gasteiger partial charge on any atom is 0.159 e. The predicted molar refractivity (Wildman–Crippen MR) is 80.0 cm³/mol. The molecule has 1 aromatic rings. The van der Waals surface area contributed by atoms with E-state index in [4.69, 9.17) is 4.74 Å². The first-order chi connectivity index (χ1) is 8.70. The fourth-order valence-corrected chi connectivity index (χ4v) is 4.15. The molecule has 1 aliphatic heterocycles. The fraction of sp³-hybridized carbons (Fsp3) is 0.562. The third kappa shape index (κ3) is 3.40. The highest BCUT2D eigenvalue weighted by molar-refractivity contribution is 8.00. The van der Waals surface area contributed by atoms with Gasteiger partial charge in [0.2, 0.25) is 0 Å². The molecular weight excluding hydrogens is 256 g/mol. The van der Waals surface area contributed by atoms with Gasteiger partial charge in [-0.25, -0.2) is 0 Å². The lowest BCUT2D eigenvalue weighted by Crippen LogP contribution is -2.30. The Morgan fingerprint density at radius 2 is 2.00 bits per heavy atom. The van der Waals surface area contributed by atoms with Crippen molar-refractivity contribution in [3.05, 3.63) is 29.8 Å². The molecule has 1 unspecified atom stereocenters. The molecule has 0 aliphatic carbocycles. The van der Waals surface area contributed by atoms with Gasteiger partial charge in [-0.05, 0) is 53.2 Å². The molecule has 3 heteroatoms. The average Bonchev–Trinajstić information content (AvgIpc) is 2.47. The number of rotatable bonds is 3. The lowest BCUT2D eigenvalue weighted by Gasteiger charge is -2.27. The van der Waals surface area contributed by atoms with Gasteiger partial charge in [-0.3, -0.25) is 4.79 Å². The Kier molecular flexibility index (Phi) is 3.80. The molecule has 2 nitrogen and oxygen atoms in total. The Bertz CT molecular complexity index is 491. The third-order valence-electron chi connectivity index (χ3n) is 3.51. The Morgan fingerprint density at radius 1 is 1.32 bits per heavy atom. The van der Waals surface area contributed by atoms with Crippen LogP contribution in [0.25, 0.3) is 0 Å². The number of hydrogen-bond acceptors (Lipinski definition) is 3. The highest BCUT2D eigenvalue weighted by atomic mass is 32.2. The van der Waals surface area contributed by atoms with Crippen LogP contribution < -0.4 is 0 Å². The molecule has 104 valence electrons. The van der Waals surface area contributed by atoms with Gasteiger partial charge in [0.1, 0.15) is 0 Å². The minimum absolute atomic E-state index is 0.0701. The topological polar surface area (TPSA) is 26.3 Å². The van der Waals surface area contributed by atoms with Crippen LogP contribution in [-0.4, -0.2) is 22.2 Å². The minimum atomic E-state index is -0.138. The van der Waals surface area contributed by atoms with Crippen LogP contribution >= 0.6 is 11.8 Å². The van der Waals surface area contributed by atoms with Crippen LogP contribution in [0.2, 0.25) is 0 Å². The van der Waals surface area contributed by atoms with Gasteiger partial charge in [-0.1, -0.05) is 12.1 Å². The van der Waals surface area contributed by atoms with E-state index in [1.807, 2.05) is 30.0 Å². The molecular formula is C16H22O2S. The summed E-state index contributed by atoms with van der Waals surface area (Å²) in [6, 6.07) is 7.87. The maximum atomic E-state index is 11.4. The van der Waals surface area contributed by atoms with E-state index in [1.165, 1.54) is 0 Å². The molecule has 0 saturated carbocycles. The third-order valence-corrected chi connectivity index (χ3v) is 5.06. The second kappa shape index (κ2) is 4.95. The highest BCUT2D eigenvalue weighted by Gasteiger charge is 2.46. The number of hydrogen-bond donors (Lipinski definition) is 0. The average molecular weight is 278 g/mol. The Balaban J connectivity index is 2.17. The van der Waals surface area contributed by atoms with E-state index in [-0.39, 0.29) is 17.0 Å². The molecule has 1 heterocycles. The van der Waals surface area contributed by atoms with Crippen molar-refractivity contribution in [2.75, 3.05) is 0 Å². The molecule has 0 spiro atoms. The summed E-state index contributed by atoms with van der Waals surface area (Å²) in [4.78, 5) is 12.6. The normalized spacial score (nSPS) is 24.4.